The molecule has 0 aromatic heterocycles. The zero-order valence-corrected chi connectivity index (χ0v) is 21.6. The summed E-state index contributed by atoms with van der Waals surface area (Å²) in [5, 5.41) is 18.7. The molecule has 2 saturated carbocycles. The zero-order chi connectivity index (χ0) is 24.2. The van der Waals surface area contributed by atoms with Gasteiger partial charge in [0.15, 0.2) is 0 Å². The lowest BCUT2D eigenvalue weighted by Gasteiger charge is -2.41. The Morgan fingerprint density at radius 1 is 1.09 bits per heavy atom. The van der Waals surface area contributed by atoms with Gasteiger partial charge in [-0.2, -0.15) is 0 Å². The zero-order valence-electron chi connectivity index (χ0n) is 21.6. The molecule has 0 heterocycles. The van der Waals surface area contributed by atoms with Crippen molar-refractivity contribution in [2.45, 2.75) is 95.1 Å². The minimum absolute atomic E-state index is 0.0151. The number of benzene rings is 1. The molecule has 0 spiro atoms. The number of carbonyl (C=O) groups is 1. The van der Waals surface area contributed by atoms with E-state index in [2.05, 4.69) is 10.6 Å². The van der Waals surface area contributed by atoms with Crippen LogP contribution in [0.4, 0.5) is 0 Å². The second-order valence-electron chi connectivity index (χ2n) is 10.8. The van der Waals surface area contributed by atoms with Crippen LogP contribution in [0, 0.1) is 17.8 Å². The summed E-state index contributed by atoms with van der Waals surface area (Å²) in [5.74, 6) is 1.01. The average molecular weight is 473 g/mol. The fourth-order valence-electron chi connectivity index (χ4n) is 6.40. The van der Waals surface area contributed by atoms with Crippen LogP contribution in [0.3, 0.4) is 0 Å². The summed E-state index contributed by atoms with van der Waals surface area (Å²) in [6.07, 6.45) is 13.9. The highest BCUT2D eigenvalue weighted by Crippen LogP contribution is 2.44. The first-order valence-corrected chi connectivity index (χ1v) is 13.8. The van der Waals surface area contributed by atoms with E-state index in [1.807, 2.05) is 37.4 Å². The number of aliphatic hydroxyl groups is 1. The highest BCUT2D eigenvalue weighted by Gasteiger charge is 2.42. The van der Waals surface area contributed by atoms with E-state index in [0.717, 1.165) is 63.0 Å². The van der Waals surface area contributed by atoms with Gasteiger partial charge < -0.3 is 20.5 Å². The van der Waals surface area contributed by atoms with E-state index in [-0.39, 0.29) is 23.8 Å². The van der Waals surface area contributed by atoms with E-state index < -0.39 is 5.60 Å². The number of carbonyl (C=O) groups excluding carboxylic acids is 1. The smallest absolute Gasteiger partial charge is 0.223 e. The summed E-state index contributed by atoms with van der Waals surface area (Å²) in [5.41, 5.74) is 0.101. The molecule has 3 rings (SSSR count). The SMILES string of the molecule is CNCC(CC1CCCCC1)NC(=O)C1CCC[C@@H]([C@@](O)(CCCCOC)c2ccccc2)C1. The molecule has 34 heavy (non-hydrogen) atoms. The maximum atomic E-state index is 13.4. The van der Waals surface area contributed by atoms with Crippen molar-refractivity contribution in [3.63, 3.8) is 0 Å². The van der Waals surface area contributed by atoms with E-state index in [0.29, 0.717) is 13.0 Å². The Kier molecular flexibility index (Phi) is 11.4. The van der Waals surface area contributed by atoms with Crippen LogP contribution in [0.1, 0.15) is 89.0 Å². The fraction of sp³-hybridized carbons (Fsp3) is 0.759. The summed E-state index contributed by atoms with van der Waals surface area (Å²) in [7, 11) is 3.70. The highest BCUT2D eigenvalue weighted by molar-refractivity contribution is 5.79. The molecule has 2 aliphatic rings. The summed E-state index contributed by atoms with van der Waals surface area (Å²) in [6, 6.07) is 10.3. The Morgan fingerprint density at radius 3 is 2.56 bits per heavy atom. The van der Waals surface area contributed by atoms with Crippen molar-refractivity contribution in [3.8, 4) is 0 Å². The molecule has 5 heteroatoms. The molecule has 1 aromatic carbocycles. The predicted octanol–water partition coefficient (Wildman–Crippen LogP) is 5.17. The number of hydrogen-bond donors (Lipinski definition) is 3. The summed E-state index contributed by atoms with van der Waals surface area (Å²) < 4.78 is 5.23. The van der Waals surface area contributed by atoms with Crippen LogP contribution in [0.25, 0.3) is 0 Å². The van der Waals surface area contributed by atoms with Crippen LogP contribution >= 0.6 is 0 Å². The topological polar surface area (TPSA) is 70.6 Å². The number of likely N-dealkylation sites (N-methyl/N-ethyl adjacent to an activating group) is 1. The average Bonchev–Trinajstić information content (AvgIpc) is 2.88. The van der Waals surface area contributed by atoms with Gasteiger partial charge in [0.1, 0.15) is 0 Å². The lowest BCUT2D eigenvalue weighted by Crippen LogP contribution is -2.47. The van der Waals surface area contributed by atoms with Gasteiger partial charge in [-0.25, -0.2) is 0 Å². The third-order valence-electron chi connectivity index (χ3n) is 8.29. The molecule has 2 aliphatic carbocycles. The van der Waals surface area contributed by atoms with Crippen molar-refractivity contribution in [2.75, 3.05) is 27.3 Å². The van der Waals surface area contributed by atoms with Crippen LogP contribution in [0.15, 0.2) is 30.3 Å². The normalized spacial score (nSPS) is 24.3. The molecule has 0 aliphatic heterocycles. The third-order valence-corrected chi connectivity index (χ3v) is 8.29. The Balaban J connectivity index is 1.64. The minimum Gasteiger partial charge on any atom is -0.385 e. The molecule has 1 amide bonds. The third kappa shape index (κ3) is 7.79. The van der Waals surface area contributed by atoms with Crippen molar-refractivity contribution in [2.24, 2.45) is 17.8 Å². The lowest BCUT2D eigenvalue weighted by molar-refractivity contribution is -0.129. The van der Waals surface area contributed by atoms with Gasteiger partial charge >= 0.3 is 0 Å². The Bertz CT molecular complexity index is 707. The van der Waals surface area contributed by atoms with Gasteiger partial charge in [0, 0.05) is 32.2 Å². The summed E-state index contributed by atoms with van der Waals surface area (Å²) >= 11 is 0. The van der Waals surface area contributed by atoms with Crippen LogP contribution in [0.5, 0.6) is 0 Å². The molecule has 0 bridgehead atoms. The van der Waals surface area contributed by atoms with Crippen LogP contribution in [0.2, 0.25) is 0 Å². The number of hydrogen-bond acceptors (Lipinski definition) is 4. The van der Waals surface area contributed by atoms with Crippen LogP contribution in [-0.4, -0.2) is 44.4 Å². The Hall–Kier alpha value is -1.43. The van der Waals surface area contributed by atoms with Gasteiger partial charge in [0.2, 0.25) is 5.91 Å². The minimum atomic E-state index is -0.888. The van der Waals surface area contributed by atoms with Crippen molar-refractivity contribution < 1.29 is 14.6 Å². The molecule has 5 nitrogen and oxygen atoms in total. The van der Waals surface area contributed by atoms with E-state index in [1.54, 1.807) is 7.11 Å². The molecular weight excluding hydrogens is 424 g/mol. The first-order valence-electron chi connectivity index (χ1n) is 13.8. The van der Waals surface area contributed by atoms with Crippen LogP contribution in [-0.2, 0) is 15.1 Å². The predicted molar refractivity (Wildman–Crippen MR) is 139 cm³/mol. The van der Waals surface area contributed by atoms with Crippen LogP contribution < -0.4 is 10.6 Å². The molecule has 0 saturated heterocycles. The van der Waals surface area contributed by atoms with Gasteiger partial charge in [-0.3, -0.25) is 4.79 Å². The lowest BCUT2D eigenvalue weighted by atomic mass is 9.68. The number of methoxy groups -OCH3 is 1. The summed E-state index contributed by atoms with van der Waals surface area (Å²) in [4.78, 5) is 13.4. The van der Waals surface area contributed by atoms with Crippen molar-refractivity contribution in [1.29, 1.82) is 0 Å². The highest BCUT2D eigenvalue weighted by atomic mass is 16.5. The number of nitrogens with one attached hydrogen (secondary N) is 2. The fourth-order valence-corrected chi connectivity index (χ4v) is 6.40. The van der Waals surface area contributed by atoms with E-state index in [4.69, 9.17) is 4.74 Å². The monoisotopic (exact) mass is 472 g/mol. The van der Waals surface area contributed by atoms with E-state index in [9.17, 15) is 9.90 Å². The number of amides is 1. The molecule has 4 atom stereocenters. The first-order chi connectivity index (χ1) is 16.6. The molecule has 1 aromatic rings. The Morgan fingerprint density at radius 2 is 1.85 bits per heavy atom. The standard InChI is InChI=1S/C29H48N2O3/c1-30-22-27(20-23-12-5-3-6-13-23)31-28(32)24-14-11-17-26(21-24)29(33,18-9-10-19-34-2)25-15-7-4-8-16-25/h4,7-8,15-16,23-24,26-27,30,33H,3,5-6,9-14,17-22H2,1-2H3,(H,31,32)/t24?,26-,27?,29-/m1/s1. The van der Waals surface area contributed by atoms with Crippen molar-refractivity contribution >= 4 is 5.91 Å². The molecule has 3 N–H and O–H groups in total. The second-order valence-corrected chi connectivity index (χ2v) is 10.8. The molecular formula is C29H48N2O3. The first kappa shape index (κ1) is 27.2. The molecule has 2 unspecified atom stereocenters. The van der Waals surface area contributed by atoms with Crippen molar-refractivity contribution in [1.82, 2.24) is 10.6 Å². The Labute approximate surface area is 207 Å². The molecule has 2 fully saturated rings. The largest absolute Gasteiger partial charge is 0.385 e. The van der Waals surface area contributed by atoms with E-state index in [1.165, 1.54) is 32.1 Å². The molecule has 0 radical (unpaired) electrons. The quantitative estimate of drug-likeness (QED) is 0.346. The second kappa shape index (κ2) is 14.2. The van der Waals surface area contributed by atoms with Gasteiger partial charge in [0.05, 0.1) is 5.60 Å². The number of rotatable bonds is 13. The molecule has 192 valence electrons. The van der Waals surface area contributed by atoms with Gasteiger partial charge in [-0.1, -0.05) is 68.9 Å². The van der Waals surface area contributed by atoms with Gasteiger partial charge in [0.25, 0.3) is 0 Å². The summed E-state index contributed by atoms with van der Waals surface area (Å²) in [6.45, 7) is 1.54. The number of ether oxygens (including phenoxy) is 1. The maximum absolute atomic E-state index is 13.4. The number of unbranched alkanes of at least 4 members (excludes halogenated alkanes) is 1. The van der Waals surface area contributed by atoms with Crippen molar-refractivity contribution in [3.05, 3.63) is 35.9 Å². The van der Waals surface area contributed by atoms with Gasteiger partial charge in [-0.15, -0.1) is 0 Å². The maximum Gasteiger partial charge on any atom is 0.223 e. The van der Waals surface area contributed by atoms with Gasteiger partial charge in [-0.05, 0) is 69.4 Å². The van der Waals surface area contributed by atoms with E-state index >= 15 is 0 Å².